The summed E-state index contributed by atoms with van der Waals surface area (Å²) in [6.45, 7) is 1.16. The Hall–Kier alpha value is -2.88. The van der Waals surface area contributed by atoms with Crippen molar-refractivity contribution in [3.8, 4) is 0 Å². The van der Waals surface area contributed by atoms with Crippen molar-refractivity contribution in [3.63, 3.8) is 0 Å². The summed E-state index contributed by atoms with van der Waals surface area (Å²) in [7, 11) is 0. The van der Waals surface area contributed by atoms with Crippen molar-refractivity contribution in [2.45, 2.75) is 12.8 Å². The minimum atomic E-state index is -0.0955. The lowest BCUT2D eigenvalue weighted by atomic mass is 9.89. The molecule has 1 aliphatic rings. The molecule has 0 unspecified atom stereocenters. The Balaban J connectivity index is 1.43. The highest BCUT2D eigenvalue weighted by atomic mass is 16.3. The highest BCUT2D eigenvalue weighted by Gasteiger charge is 2.29. The molecule has 0 N–H and O–H groups in total. The maximum Gasteiger partial charge on any atom is 0.289 e. The number of furan rings is 1. The van der Waals surface area contributed by atoms with Crippen molar-refractivity contribution >= 4 is 22.7 Å². The Bertz CT molecular complexity index is 872. The first-order valence-electron chi connectivity index (χ1n) is 8.59. The van der Waals surface area contributed by atoms with Crippen LogP contribution in [0.15, 0.2) is 65.1 Å². The van der Waals surface area contributed by atoms with Crippen molar-refractivity contribution in [2.24, 2.45) is 5.92 Å². The lowest BCUT2D eigenvalue weighted by Gasteiger charge is -2.30. The molecule has 0 radical (unpaired) electrons. The molecule has 4 heteroatoms. The monoisotopic (exact) mass is 333 g/mol. The molecule has 1 aliphatic heterocycles. The van der Waals surface area contributed by atoms with Gasteiger partial charge >= 0.3 is 0 Å². The van der Waals surface area contributed by atoms with Crippen LogP contribution in [0.1, 0.15) is 33.8 Å². The number of ketones is 1. The molecule has 1 amide bonds. The minimum Gasteiger partial charge on any atom is -0.451 e. The Labute approximate surface area is 146 Å². The zero-order chi connectivity index (χ0) is 17.2. The fourth-order valence-electron chi connectivity index (χ4n) is 3.43. The van der Waals surface area contributed by atoms with E-state index in [1.165, 1.54) is 0 Å². The number of Topliss-reactive ketones (excluding diaryl/α,β-unsaturated/α-hetero) is 1. The van der Waals surface area contributed by atoms with E-state index < -0.39 is 0 Å². The molecule has 1 saturated heterocycles. The van der Waals surface area contributed by atoms with Gasteiger partial charge in [-0.3, -0.25) is 9.59 Å². The van der Waals surface area contributed by atoms with Crippen molar-refractivity contribution in [1.29, 1.82) is 0 Å². The lowest BCUT2D eigenvalue weighted by Crippen LogP contribution is -2.40. The van der Waals surface area contributed by atoms with Gasteiger partial charge in [-0.15, -0.1) is 0 Å². The van der Waals surface area contributed by atoms with Crippen molar-refractivity contribution in [3.05, 3.63) is 72.0 Å². The van der Waals surface area contributed by atoms with Gasteiger partial charge in [0.1, 0.15) is 5.58 Å². The van der Waals surface area contributed by atoms with E-state index in [4.69, 9.17) is 4.42 Å². The predicted octanol–water partition coefficient (Wildman–Crippen LogP) is 4.17. The number of fused-ring (bicyclic) bond motifs is 1. The second-order valence-electron chi connectivity index (χ2n) is 6.45. The quantitative estimate of drug-likeness (QED) is 0.676. The van der Waals surface area contributed by atoms with Crippen molar-refractivity contribution < 1.29 is 14.0 Å². The second-order valence-corrected chi connectivity index (χ2v) is 6.45. The van der Waals surface area contributed by atoms with Gasteiger partial charge < -0.3 is 9.32 Å². The van der Waals surface area contributed by atoms with Gasteiger partial charge in [-0.2, -0.15) is 0 Å². The number of hydrogen-bond donors (Lipinski definition) is 0. The molecule has 1 aromatic heterocycles. The van der Waals surface area contributed by atoms with Crippen LogP contribution in [-0.2, 0) is 0 Å². The summed E-state index contributed by atoms with van der Waals surface area (Å²) in [6, 6.07) is 18.8. The Morgan fingerprint density at radius 1 is 0.920 bits per heavy atom. The third-order valence-electron chi connectivity index (χ3n) is 4.85. The minimum absolute atomic E-state index is 0.0119. The summed E-state index contributed by atoms with van der Waals surface area (Å²) in [5.74, 6) is 0.439. The van der Waals surface area contributed by atoms with Gasteiger partial charge in [-0.1, -0.05) is 48.5 Å². The molecule has 3 aromatic rings. The van der Waals surface area contributed by atoms with Crippen LogP contribution in [0.2, 0.25) is 0 Å². The van der Waals surface area contributed by atoms with E-state index in [-0.39, 0.29) is 17.6 Å². The average molecular weight is 333 g/mol. The number of para-hydroxylation sites is 1. The Morgan fingerprint density at radius 2 is 1.60 bits per heavy atom. The molecule has 0 spiro atoms. The van der Waals surface area contributed by atoms with Gasteiger partial charge in [-0.25, -0.2) is 0 Å². The van der Waals surface area contributed by atoms with E-state index in [0.29, 0.717) is 31.7 Å². The zero-order valence-corrected chi connectivity index (χ0v) is 13.9. The molecule has 0 aliphatic carbocycles. The van der Waals surface area contributed by atoms with Gasteiger partial charge in [-0.05, 0) is 25.0 Å². The van der Waals surface area contributed by atoms with E-state index in [0.717, 1.165) is 16.5 Å². The third-order valence-corrected chi connectivity index (χ3v) is 4.85. The number of rotatable bonds is 3. The number of nitrogens with zero attached hydrogens (tertiary/aromatic N) is 1. The number of amides is 1. The van der Waals surface area contributed by atoms with Gasteiger partial charge in [0, 0.05) is 30.0 Å². The number of carbonyl (C=O) groups is 2. The fourth-order valence-corrected chi connectivity index (χ4v) is 3.43. The SMILES string of the molecule is O=C(c1ccccc1)C1CCN(C(=O)c2cc3ccccc3o2)CC1. The molecule has 0 atom stereocenters. The molecule has 1 fully saturated rings. The first kappa shape index (κ1) is 15.6. The number of benzene rings is 2. The largest absolute Gasteiger partial charge is 0.451 e. The molecule has 2 heterocycles. The van der Waals surface area contributed by atoms with Crippen LogP contribution in [0.5, 0.6) is 0 Å². The molecule has 0 saturated carbocycles. The van der Waals surface area contributed by atoms with Crippen LogP contribution < -0.4 is 0 Å². The summed E-state index contributed by atoms with van der Waals surface area (Å²) in [5.41, 5.74) is 1.48. The highest BCUT2D eigenvalue weighted by Crippen LogP contribution is 2.25. The molecule has 2 aromatic carbocycles. The van der Waals surface area contributed by atoms with Crippen LogP contribution in [0, 0.1) is 5.92 Å². The number of likely N-dealkylation sites (tertiary alicyclic amines) is 1. The van der Waals surface area contributed by atoms with E-state index in [1.807, 2.05) is 54.6 Å². The maximum absolute atomic E-state index is 12.7. The third kappa shape index (κ3) is 3.07. The Morgan fingerprint density at radius 3 is 2.32 bits per heavy atom. The summed E-state index contributed by atoms with van der Waals surface area (Å²) in [6.07, 6.45) is 1.39. The molecule has 4 nitrogen and oxygen atoms in total. The van der Waals surface area contributed by atoms with Gasteiger partial charge in [0.25, 0.3) is 5.91 Å². The Kier molecular flexibility index (Phi) is 4.10. The standard InChI is InChI=1S/C21H19NO3/c23-20(15-6-2-1-3-7-15)16-10-12-22(13-11-16)21(24)19-14-17-8-4-5-9-18(17)25-19/h1-9,14,16H,10-13H2. The number of piperidine rings is 1. The molecule has 0 bridgehead atoms. The smallest absolute Gasteiger partial charge is 0.289 e. The first-order chi connectivity index (χ1) is 12.2. The first-order valence-corrected chi connectivity index (χ1v) is 8.59. The van der Waals surface area contributed by atoms with Crippen LogP contribution in [0.4, 0.5) is 0 Å². The molecule has 126 valence electrons. The van der Waals surface area contributed by atoms with Gasteiger partial charge in [0.2, 0.25) is 0 Å². The zero-order valence-electron chi connectivity index (χ0n) is 13.9. The predicted molar refractivity (Wildman–Crippen MR) is 95.6 cm³/mol. The van der Waals surface area contributed by atoms with E-state index in [2.05, 4.69) is 0 Å². The highest BCUT2D eigenvalue weighted by molar-refractivity contribution is 5.98. The second kappa shape index (κ2) is 6.55. The van der Waals surface area contributed by atoms with Crippen LogP contribution in [-0.4, -0.2) is 29.7 Å². The molecule has 4 rings (SSSR count). The molecule has 25 heavy (non-hydrogen) atoms. The number of carbonyl (C=O) groups excluding carboxylic acids is 2. The van der Waals surface area contributed by atoms with Crippen molar-refractivity contribution in [2.75, 3.05) is 13.1 Å². The van der Waals surface area contributed by atoms with Gasteiger partial charge in [0.15, 0.2) is 11.5 Å². The number of hydrogen-bond acceptors (Lipinski definition) is 3. The van der Waals surface area contributed by atoms with E-state index in [9.17, 15) is 9.59 Å². The van der Waals surface area contributed by atoms with Crippen LogP contribution in [0.25, 0.3) is 11.0 Å². The average Bonchev–Trinajstić information content (AvgIpc) is 3.12. The van der Waals surface area contributed by atoms with Gasteiger partial charge in [0.05, 0.1) is 0 Å². The molecular formula is C21H19NO3. The van der Waals surface area contributed by atoms with Crippen LogP contribution >= 0.6 is 0 Å². The topological polar surface area (TPSA) is 50.5 Å². The fraction of sp³-hybridized carbons (Fsp3) is 0.238. The van der Waals surface area contributed by atoms with E-state index in [1.54, 1.807) is 11.0 Å². The summed E-state index contributed by atoms with van der Waals surface area (Å²) < 4.78 is 5.67. The summed E-state index contributed by atoms with van der Waals surface area (Å²) in [4.78, 5) is 27.0. The van der Waals surface area contributed by atoms with Crippen molar-refractivity contribution in [1.82, 2.24) is 4.90 Å². The van der Waals surface area contributed by atoms with E-state index >= 15 is 0 Å². The maximum atomic E-state index is 12.7. The molecular weight excluding hydrogens is 314 g/mol. The lowest BCUT2D eigenvalue weighted by molar-refractivity contribution is 0.0626. The summed E-state index contributed by atoms with van der Waals surface area (Å²) in [5, 5.41) is 0.931. The summed E-state index contributed by atoms with van der Waals surface area (Å²) >= 11 is 0. The normalized spacial score (nSPS) is 15.4. The van der Waals surface area contributed by atoms with Crippen LogP contribution in [0.3, 0.4) is 0 Å².